The molecule has 0 saturated carbocycles. The number of hydrogen-bond acceptors (Lipinski definition) is 7. The lowest BCUT2D eigenvalue weighted by Crippen LogP contribution is -2.09. The highest BCUT2D eigenvalue weighted by Crippen LogP contribution is 2.40. The second-order valence-electron chi connectivity index (χ2n) is 6.83. The summed E-state index contributed by atoms with van der Waals surface area (Å²) < 4.78 is 17.1. The highest BCUT2D eigenvalue weighted by atomic mass is 35.5. The molecule has 11 heteroatoms. The van der Waals surface area contributed by atoms with Gasteiger partial charge < -0.3 is 14.0 Å². The summed E-state index contributed by atoms with van der Waals surface area (Å²) in [6, 6.07) is 11.7. The fourth-order valence-electron chi connectivity index (χ4n) is 3.31. The minimum absolute atomic E-state index is 0.0535. The third kappa shape index (κ3) is 4.27. The average Bonchev–Trinajstić information content (AvgIpc) is 3.44. The van der Waals surface area contributed by atoms with Crippen molar-refractivity contribution < 1.29 is 23.6 Å². The van der Waals surface area contributed by atoms with Gasteiger partial charge in [0.2, 0.25) is 0 Å². The zero-order valence-corrected chi connectivity index (χ0v) is 20.1. The van der Waals surface area contributed by atoms with Gasteiger partial charge in [0.1, 0.15) is 11.3 Å². The number of nitrogens with zero attached hydrogens (tertiary/aromatic N) is 3. The molecule has 0 aliphatic rings. The molecule has 2 aromatic heterocycles. The van der Waals surface area contributed by atoms with Gasteiger partial charge in [-0.15, -0.1) is 0 Å². The highest BCUT2D eigenvalue weighted by Gasteiger charge is 2.32. The van der Waals surface area contributed by atoms with Crippen molar-refractivity contribution in [1.29, 1.82) is 0 Å². The van der Waals surface area contributed by atoms with Gasteiger partial charge in [0.15, 0.2) is 11.5 Å². The first-order valence-electron chi connectivity index (χ1n) is 9.91. The minimum atomic E-state index is -0.775. The van der Waals surface area contributed by atoms with Crippen molar-refractivity contribution in [2.24, 2.45) is 0 Å². The number of hydrogen-bond donors (Lipinski definition) is 0. The van der Waals surface area contributed by atoms with Crippen LogP contribution in [0.1, 0.15) is 27.8 Å². The van der Waals surface area contributed by atoms with Crippen molar-refractivity contribution in [2.45, 2.75) is 6.92 Å². The van der Waals surface area contributed by atoms with Gasteiger partial charge >= 0.3 is 11.9 Å². The first kappa shape index (κ1) is 23.8. The van der Waals surface area contributed by atoms with Crippen molar-refractivity contribution in [1.82, 2.24) is 14.9 Å². The highest BCUT2D eigenvalue weighted by molar-refractivity contribution is 6.39. The van der Waals surface area contributed by atoms with Crippen LogP contribution in [-0.2, 0) is 9.47 Å². The van der Waals surface area contributed by atoms with Crippen LogP contribution in [0.3, 0.4) is 0 Å². The van der Waals surface area contributed by atoms with Crippen LogP contribution in [0.4, 0.5) is 0 Å². The SMILES string of the molecule is CCOC(=O)c1nn(-c2ccccc2Cl)cc1-c1onc(-c2c(Cl)cccc2Cl)c1C(=O)OC. The number of para-hydroxylation sites is 1. The molecule has 0 bridgehead atoms. The summed E-state index contributed by atoms with van der Waals surface area (Å²) in [4.78, 5) is 25.6. The zero-order valence-electron chi connectivity index (χ0n) is 17.8. The lowest BCUT2D eigenvalue weighted by molar-refractivity contribution is 0.0517. The first-order chi connectivity index (χ1) is 16.4. The van der Waals surface area contributed by atoms with E-state index in [1.165, 1.54) is 18.0 Å². The Morgan fingerprint density at radius 3 is 2.32 bits per heavy atom. The molecule has 0 aliphatic carbocycles. The van der Waals surface area contributed by atoms with Gasteiger partial charge in [0.25, 0.3) is 0 Å². The van der Waals surface area contributed by atoms with Gasteiger partial charge in [-0.25, -0.2) is 14.3 Å². The molecular formula is C23H16Cl3N3O5. The van der Waals surface area contributed by atoms with E-state index in [-0.39, 0.29) is 50.5 Å². The Morgan fingerprint density at radius 2 is 1.68 bits per heavy atom. The van der Waals surface area contributed by atoms with Crippen LogP contribution < -0.4 is 0 Å². The number of rotatable bonds is 6. The molecule has 2 heterocycles. The Morgan fingerprint density at radius 1 is 1.00 bits per heavy atom. The smallest absolute Gasteiger partial charge is 0.359 e. The molecule has 4 aromatic rings. The minimum Gasteiger partial charge on any atom is -0.465 e. The van der Waals surface area contributed by atoms with E-state index in [0.29, 0.717) is 10.7 Å². The largest absolute Gasteiger partial charge is 0.465 e. The lowest BCUT2D eigenvalue weighted by Gasteiger charge is -2.06. The van der Waals surface area contributed by atoms with Gasteiger partial charge in [0.05, 0.1) is 40.0 Å². The standard InChI is InChI=1S/C23H16Cl3N3O5/c1-3-33-23(31)19-12(11-29(27-19)16-10-5-4-7-13(16)24)21-18(22(30)32-2)20(28-34-21)17-14(25)8-6-9-15(17)26/h4-11H,3H2,1-2H3. The number of carbonyl (C=O) groups is 2. The van der Waals surface area contributed by atoms with Gasteiger partial charge in [-0.2, -0.15) is 5.10 Å². The predicted molar refractivity (Wildman–Crippen MR) is 127 cm³/mol. The molecule has 0 radical (unpaired) electrons. The summed E-state index contributed by atoms with van der Waals surface area (Å²) in [6.07, 6.45) is 1.48. The fraction of sp³-hybridized carbons (Fsp3) is 0.130. The summed E-state index contributed by atoms with van der Waals surface area (Å²) in [6.45, 7) is 1.77. The quantitative estimate of drug-likeness (QED) is 0.283. The molecule has 0 spiro atoms. The van der Waals surface area contributed by atoms with Gasteiger partial charge in [-0.3, -0.25) is 0 Å². The summed E-state index contributed by atoms with van der Waals surface area (Å²) in [5.74, 6) is -1.57. The maximum absolute atomic E-state index is 12.9. The lowest BCUT2D eigenvalue weighted by atomic mass is 10.0. The number of aromatic nitrogens is 3. The molecule has 0 aliphatic heterocycles. The number of esters is 2. The number of carbonyl (C=O) groups excluding carboxylic acids is 2. The van der Waals surface area contributed by atoms with E-state index in [2.05, 4.69) is 10.3 Å². The number of methoxy groups -OCH3 is 1. The van der Waals surface area contributed by atoms with Crippen molar-refractivity contribution in [3.63, 3.8) is 0 Å². The van der Waals surface area contributed by atoms with Crippen molar-refractivity contribution in [3.05, 3.63) is 75.0 Å². The van der Waals surface area contributed by atoms with Crippen molar-refractivity contribution in [3.8, 4) is 28.3 Å². The molecule has 0 unspecified atom stereocenters. The van der Waals surface area contributed by atoms with E-state index in [0.717, 1.165) is 0 Å². The molecular weight excluding hydrogens is 505 g/mol. The van der Waals surface area contributed by atoms with E-state index in [9.17, 15) is 9.59 Å². The molecule has 2 aromatic carbocycles. The Hall–Kier alpha value is -3.33. The molecule has 8 nitrogen and oxygen atoms in total. The maximum Gasteiger partial charge on any atom is 0.359 e. The Kier molecular flexibility index (Phi) is 6.92. The van der Waals surface area contributed by atoms with Crippen molar-refractivity contribution >= 4 is 46.7 Å². The normalized spacial score (nSPS) is 10.9. The summed E-state index contributed by atoms with van der Waals surface area (Å²) in [5, 5.41) is 9.27. The Labute approximate surface area is 208 Å². The molecule has 0 atom stereocenters. The van der Waals surface area contributed by atoms with Crippen LogP contribution in [-0.4, -0.2) is 40.6 Å². The van der Waals surface area contributed by atoms with Crippen LogP contribution in [0.15, 0.2) is 53.2 Å². The maximum atomic E-state index is 12.9. The second kappa shape index (κ2) is 9.89. The Bertz CT molecular complexity index is 1380. The van der Waals surface area contributed by atoms with Crippen LogP contribution in [0.5, 0.6) is 0 Å². The van der Waals surface area contributed by atoms with Crippen LogP contribution in [0.25, 0.3) is 28.3 Å². The average molecular weight is 521 g/mol. The van der Waals surface area contributed by atoms with Gasteiger partial charge in [-0.1, -0.05) is 58.2 Å². The molecule has 0 N–H and O–H groups in total. The van der Waals surface area contributed by atoms with E-state index in [4.69, 9.17) is 48.8 Å². The van der Waals surface area contributed by atoms with Crippen LogP contribution >= 0.6 is 34.8 Å². The van der Waals surface area contributed by atoms with E-state index in [1.54, 1.807) is 49.4 Å². The van der Waals surface area contributed by atoms with E-state index >= 15 is 0 Å². The number of ether oxygens (including phenoxy) is 2. The first-order valence-corrected chi connectivity index (χ1v) is 11.0. The monoisotopic (exact) mass is 519 g/mol. The molecule has 174 valence electrons. The topological polar surface area (TPSA) is 96.5 Å². The number of benzene rings is 2. The van der Waals surface area contributed by atoms with Crippen molar-refractivity contribution in [2.75, 3.05) is 13.7 Å². The summed E-state index contributed by atoms with van der Waals surface area (Å²) >= 11 is 19.0. The molecule has 0 saturated heterocycles. The molecule has 4 rings (SSSR count). The Balaban J connectivity index is 1.99. The second-order valence-corrected chi connectivity index (χ2v) is 8.05. The molecule has 34 heavy (non-hydrogen) atoms. The summed E-state index contributed by atoms with van der Waals surface area (Å²) in [5.41, 5.74) is 0.770. The molecule has 0 fully saturated rings. The summed E-state index contributed by atoms with van der Waals surface area (Å²) in [7, 11) is 1.20. The third-order valence-electron chi connectivity index (χ3n) is 4.81. The predicted octanol–water partition coefficient (Wildman–Crippen LogP) is 6.12. The molecule has 0 amide bonds. The third-order valence-corrected chi connectivity index (χ3v) is 5.76. The zero-order chi connectivity index (χ0) is 24.4. The number of halogens is 3. The fourth-order valence-corrected chi connectivity index (χ4v) is 4.11. The van der Waals surface area contributed by atoms with Gasteiger partial charge in [-0.05, 0) is 31.2 Å². The van der Waals surface area contributed by atoms with E-state index in [1.807, 2.05) is 0 Å². The van der Waals surface area contributed by atoms with E-state index < -0.39 is 11.9 Å². The van der Waals surface area contributed by atoms with Gasteiger partial charge in [0, 0.05) is 11.8 Å². The van der Waals surface area contributed by atoms with Crippen LogP contribution in [0.2, 0.25) is 15.1 Å². The van der Waals surface area contributed by atoms with Crippen LogP contribution in [0, 0.1) is 0 Å².